The van der Waals surface area contributed by atoms with Crippen molar-refractivity contribution in [2.24, 2.45) is 0 Å². The minimum absolute atomic E-state index is 0.109. The van der Waals surface area contributed by atoms with Crippen LogP contribution in [0, 0.1) is 6.92 Å². The van der Waals surface area contributed by atoms with Crippen molar-refractivity contribution in [2.75, 3.05) is 4.90 Å². The molecule has 0 aromatic heterocycles. The van der Waals surface area contributed by atoms with Gasteiger partial charge in [-0.3, -0.25) is 0 Å². The maximum atomic E-state index is 2.54. The second kappa shape index (κ2) is 13.3. The molecule has 282 valence electrons. The lowest BCUT2D eigenvalue weighted by Crippen LogP contribution is -2.28. The van der Waals surface area contributed by atoms with Gasteiger partial charge in [0.1, 0.15) is 0 Å². The maximum absolute atomic E-state index is 2.54. The Bertz CT molecular complexity index is 2800. The van der Waals surface area contributed by atoms with Crippen LogP contribution >= 0.6 is 0 Å². The third-order valence-corrected chi connectivity index (χ3v) is 13.0. The Morgan fingerprint density at radius 1 is 0.431 bits per heavy atom. The molecule has 2 aliphatic carbocycles. The summed E-state index contributed by atoms with van der Waals surface area (Å²) in [4.78, 5) is 2.54. The summed E-state index contributed by atoms with van der Waals surface area (Å²) in [5, 5.41) is 0. The summed E-state index contributed by atoms with van der Waals surface area (Å²) in [5.41, 5.74) is 21.1. The van der Waals surface area contributed by atoms with Gasteiger partial charge in [0.25, 0.3) is 0 Å². The van der Waals surface area contributed by atoms with E-state index in [4.69, 9.17) is 0 Å². The molecule has 0 saturated heterocycles. The third kappa shape index (κ3) is 5.37. The fraction of sp³-hybridized carbons (Fsp3) is 0.158. The smallest absolute Gasteiger partial charge is 0.0714 e. The van der Waals surface area contributed by atoms with Gasteiger partial charge in [0.15, 0.2) is 0 Å². The van der Waals surface area contributed by atoms with Crippen LogP contribution in [-0.2, 0) is 16.2 Å². The van der Waals surface area contributed by atoms with Crippen LogP contribution in [0.5, 0.6) is 0 Å². The highest BCUT2D eigenvalue weighted by Gasteiger charge is 2.47. The minimum atomic E-state index is -0.490. The van der Waals surface area contributed by atoms with Crippen molar-refractivity contribution in [3.05, 3.63) is 233 Å². The van der Waals surface area contributed by atoms with E-state index in [9.17, 15) is 0 Å². The fourth-order valence-corrected chi connectivity index (χ4v) is 10.1. The van der Waals surface area contributed by atoms with E-state index < -0.39 is 5.41 Å². The molecule has 0 saturated carbocycles. The molecule has 0 heterocycles. The molecule has 0 bridgehead atoms. The summed E-state index contributed by atoms with van der Waals surface area (Å²) in [6, 6.07) is 70.6. The lowest BCUT2D eigenvalue weighted by Gasteiger charge is -2.35. The molecule has 0 amide bonds. The Morgan fingerprint density at radius 3 is 1.66 bits per heavy atom. The van der Waals surface area contributed by atoms with Crippen molar-refractivity contribution >= 4 is 17.1 Å². The van der Waals surface area contributed by atoms with Gasteiger partial charge in [0.05, 0.1) is 11.1 Å². The number of rotatable bonds is 6. The van der Waals surface area contributed by atoms with Crippen LogP contribution < -0.4 is 4.90 Å². The molecule has 10 rings (SSSR count). The SMILES string of the molecule is Cc1cc(-c2ccc(C(C)(C)C)cc2)ccc1N(c1ccc2c(c1)C(C)(C)c1ccccc1-2)c1cccc2c1-c1ccccc1C2(c1ccccc1)c1ccccc1. The van der Waals surface area contributed by atoms with Gasteiger partial charge >= 0.3 is 0 Å². The van der Waals surface area contributed by atoms with Crippen LogP contribution in [0.1, 0.15) is 79.1 Å². The molecule has 0 atom stereocenters. The van der Waals surface area contributed by atoms with Crippen molar-refractivity contribution in [3.8, 4) is 33.4 Å². The van der Waals surface area contributed by atoms with Gasteiger partial charge in [-0.1, -0.05) is 192 Å². The van der Waals surface area contributed by atoms with E-state index in [1.165, 1.54) is 89.3 Å². The predicted octanol–water partition coefficient (Wildman–Crippen LogP) is 15.1. The summed E-state index contributed by atoms with van der Waals surface area (Å²) in [5.74, 6) is 0. The largest absolute Gasteiger partial charge is 0.310 e. The van der Waals surface area contributed by atoms with Crippen molar-refractivity contribution in [1.29, 1.82) is 0 Å². The second-order valence-electron chi connectivity index (χ2n) is 17.8. The summed E-state index contributed by atoms with van der Waals surface area (Å²) in [6.45, 7) is 13.9. The standard InChI is InChI=1S/C57H49N/c1-38-36-40(39-28-31-41(32-29-39)55(2,3)4)30-35-52(38)58(44-33-34-46-45-22-13-15-24-48(45)56(5,6)51(46)37-44)53-27-17-26-50-54(53)47-23-14-16-25-49(47)57(50,42-18-9-7-10-19-42)43-20-11-8-12-21-43/h7-37H,1-6H3. The summed E-state index contributed by atoms with van der Waals surface area (Å²) in [6.07, 6.45) is 0. The molecular weight excluding hydrogens is 699 g/mol. The first-order valence-corrected chi connectivity index (χ1v) is 20.7. The second-order valence-corrected chi connectivity index (χ2v) is 17.8. The number of fused-ring (bicyclic) bond motifs is 6. The Labute approximate surface area is 344 Å². The van der Waals surface area contributed by atoms with Gasteiger partial charge in [-0.15, -0.1) is 0 Å². The van der Waals surface area contributed by atoms with Crippen molar-refractivity contribution < 1.29 is 0 Å². The molecule has 8 aromatic carbocycles. The quantitative estimate of drug-likeness (QED) is 0.164. The fourth-order valence-electron chi connectivity index (χ4n) is 10.1. The molecule has 2 aliphatic rings. The van der Waals surface area contributed by atoms with Crippen LogP contribution in [0.4, 0.5) is 17.1 Å². The third-order valence-electron chi connectivity index (χ3n) is 13.0. The zero-order valence-electron chi connectivity index (χ0n) is 34.3. The number of nitrogens with zero attached hydrogens (tertiary/aromatic N) is 1. The minimum Gasteiger partial charge on any atom is -0.310 e. The summed E-state index contributed by atoms with van der Waals surface area (Å²) < 4.78 is 0. The van der Waals surface area contributed by atoms with E-state index in [-0.39, 0.29) is 10.8 Å². The molecular formula is C57H49N. The number of aryl methyl sites for hydroxylation is 1. The number of anilines is 3. The first kappa shape index (κ1) is 35.9. The lowest BCUT2D eigenvalue weighted by atomic mass is 9.68. The first-order valence-electron chi connectivity index (χ1n) is 20.7. The highest BCUT2D eigenvalue weighted by Crippen LogP contribution is 2.60. The summed E-state index contributed by atoms with van der Waals surface area (Å²) >= 11 is 0. The molecule has 8 aromatic rings. The number of hydrogen-bond acceptors (Lipinski definition) is 1. The van der Waals surface area contributed by atoms with E-state index >= 15 is 0 Å². The average molecular weight is 748 g/mol. The van der Waals surface area contributed by atoms with Crippen LogP contribution in [0.3, 0.4) is 0 Å². The van der Waals surface area contributed by atoms with Gasteiger partial charge in [-0.05, 0) is 115 Å². The molecule has 1 nitrogen and oxygen atoms in total. The molecule has 58 heavy (non-hydrogen) atoms. The Balaban J connectivity index is 1.23. The van der Waals surface area contributed by atoms with Gasteiger partial charge in [0, 0.05) is 22.4 Å². The highest BCUT2D eigenvalue weighted by molar-refractivity contribution is 5.98. The van der Waals surface area contributed by atoms with E-state index in [1.54, 1.807) is 0 Å². The van der Waals surface area contributed by atoms with Gasteiger partial charge in [-0.25, -0.2) is 0 Å². The summed E-state index contributed by atoms with van der Waals surface area (Å²) in [7, 11) is 0. The first-order chi connectivity index (χ1) is 28.1. The monoisotopic (exact) mass is 747 g/mol. The maximum Gasteiger partial charge on any atom is 0.0714 e. The van der Waals surface area contributed by atoms with E-state index in [2.05, 4.69) is 234 Å². The van der Waals surface area contributed by atoms with E-state index in [0.29, 0.717) is 0 Å². The highest BCUT2D eigenvalue weighted by atomic mass is 15.1. The molecule has 0 N–H and O–H groups in total. The Hall–Kier alpha value is -6.44. The van der Waals surface area contributed by atoms with Crippen molar-refractivity contribution in [3.63, 3.8) is 0 Å². The van der Waals surface area contributed by atoms with E-state index in [0.717, 1.165) is 5.69 Å². The van der Waals surface area contributed by atoms with Crippen molar-refractivity contribution in [2.45, 2.75) is 57.8 Å². The Kier molecular flexibility index (Phi) is 8.25. The molecule has 0 spiro atoms. The van der Waals surface area contributed by atoms with Crippen LogP contribution in [0.2, 0.25) is 0 Å². The normalized spacial score (nSPS) is 14.3. The van der Waals surface area contributed by atoms with Crippen LogP contribution in [-0.4, -0.2) is 0 Å². The van der Waals surface area contributed by atoms with Crippen molar-refractivity contribution in [1.82, 2.24) is 0 Å². The van der Waals surface area contributed by atoms with Gasteiger partial charge in [-0.2, -0.15) is 0 Å². The zero-order chi connectivity index (χ0) is 39.8. The predicted molar refractivity (Wildman–Crippen MR) is 245 cm³/mol. The van der Waals surface area contributed by atoms with Gasteiger partial charge in [0.2, 0.25) is 0 Å². The number of hydrogen-bond donors (Lipinski definition) is 0. The number of benzene rings is 8. The topological polar surface area (TPSA) is 3.24 Å². The average Bonchev–Trinajstić information content (AvgIpc) is 3.68. The van der Waals surface area contributed by atoms with Crippen LogP contribution in [0.25, 0.3) is 33.4 Å². The van der Waals surface area contributed by atoms with E-state index in [1.807, 2.05) is 0 Å². The van der Waals surface area contributed by atoms with Crippen LogP contribution in [0.15, 0.2) is 188 Å². The zero-order valence-corrected chi connectivity index (χ0v) is 34.3. The Morgan fingerprint density at radius 2 is 1.00 bits per heavy atom. The lowest BCUT2D eigenvalue weighted by molar-refractivity contribution is 0.590. The molecule has 0 radical (unpaired) electrons. The van der Waals surface area contributed by atoms with Gasteiger partial charge < -0.3 is 4.90 Å². The molecule has 0 fully saturated rings. The molecule has 0 unspecified atom stereocenters. The molecule has 0 aliphatic heterocycles. The molecule has 1 heteroatoms.